The molecule has 34 heavy (non-hydrogen) atoms. The predicted molar refractivity (Wildman–Crippen MR) is 132 cm³/mol. The van der Waals surface area contributed by atoms with Gasteiger partial charge in [-0.25, -0.2) is 0 Å². The Labute approximate surface area is 201 Å². The molecule has 2 aromatic rings. The van der Waals surface area contributed by atoms with Gasteiger partial charge in [-0.05, 0) is 50.1 Å². The Balaban J connectivity index is 1.77. The first-order chi connectivity index (χ1) is 16.3. The number of carbonyl (C=O) groups excluding carboxylic acids is 2. The van der Waals surface area contributed by atoms with E-state index in [9.17, 15) is 9.59 Å². The van der Waals surface area contributed by atoms with Crippen LogP contribution in [0.15, 0.2) is 47.5 Å². The van der Waals surface area contributed by atoms with Gasteiger partial charge in [-0.15, -0.1) is 0 Å². The molecule has 0 aromatic heterocycles. The van der Waals surface area contributed by atoms with Crippen LogP contribution in [0, 0.1) is 0 Å². The summed E-state index contributed by atoms with van der Waals surface area (Å²) in [7, 11) is 4.84. The highest BCUT2D eigenvalue weighted by Gasteiger charge is 2.28. The first-order valence-electron chi connectivity index (χ1n) is 11.4. The van der Waals surface area contributed by atoms with Crippen LogP contribution in [-0.2, 0) is 15.9 Å². The quantitative estimate of drug-likeness (QED) is 0.471. The van der Waals surface area contributed by atoms with Gasteiger partial charge in [0.1, 0.15) is 5.75 Å². The molecule has 2 aromatic carbocycles. The molecule has 1 heterocycles. The fraction of sp³-hybridized carbons (Fsp3) is 0.444. The molecule has 1 amide bonds. The lowest BCUT2D eigenvalue weighted by molar-refractivity contribution is 0.0627. The van der Waals surface area contributed by atoms with Gasteiger partial charge in [0.05, 0.1) is 38.0 Å². The van der Waals surface area contributed by atoms with Crippen LogP contribution in [0.25, 0.3) is 0 Å². The van der Waals surface area contributed by atoms with E-state index in [1.807, 2.05) is 18.2 Å². The number of hydrogen-bond donors (Lipinski definition) is 0. The second-order valence-corrected chi connectivity index (χ2v) is 9.03. The van der Waals surface area contributed by atoms with Crippen molar-refractivity contribution in [3.8, 4) is 5.75 Å². The highest BCUT2D eigenvalue weighted by molar-refractivity contribution is 6.17. The topological polar surface area (TPSA) is 77.4 Å². The fourth-order valence-corrected chi connectivity index (χ4v) is 4.12. The van der Waals surface area contributed by atoms with Crippen molar-refractivity contribution >= 4 is 17.4 Å². The molecular formula is C27H34N2O5. The summed E-state index contributed by atoms with van der Waals surface area (Å²) in [4.78, 5) is 32.6. The summed E-state index contributed by atoms with van der Waals surface area (Å²) in [5.74, 6) is 0.584. The highest BCUT2D eigenvalue weighted by atomic mass is 16.5. The van der Waals surface area contributed by atoms with E-state index < -0.39 is 0 Å². The summed E-state index contributed by atoms with van der Waals surface area (Å²) >= 11 is 0. The second kappa shape index (κ2) is 11.4. The minimum absolute atomic E-state index is 0.0418. The Morgan fingerprint density at radius 2 is 1.56 bits per heavy atom. The number of amides is 1. The molecule has 0 saturated heterocycles. The van der Waals surface area contributed by atoms with E-state index in [0.717, 1.165) is 29.0 Å². The SMILES string of the molecule is COCCN(CCOC)C(=O)c1ccc(C(=O)CC2=NC(C)(C)Cc3ccc(OC)cc32)cc1. The average Bonchev–Trinajstić information content (AvgIpc) is 2.83. The Morgan fingerprint density at radius 3 is 2.15 bits per heavy atom. The summed E-state index contributed by atoms with van der Waals surface area (Å²) in [5, 5.41) is 0. The van der Waals surface area contributed by atoms with Crippen LogP contribution < -0.4 is 4.74 Å². The van der Waals surface area contributed by atoms with Crippen molar-refractivity contribution in [1.82, 2.24) is 4.90 Å². The molecule has 0 aliphatic carbocycles. The monoisotopic (exact) mass is 466 g/mol. The average molecular weight is 467 g/mol. The van der Waals surface area contributed by atoms with Crippen LogP contribution in [0.5, 0.6) is 5.75 Å². The van der Waals surface area contributed by atoms with Crippen molar-refractivity contribution in [2.24, 2.45) is 4.99 Å². The number of carbonyl (C=O) groups is 2. The van der Waals surface area contributed by atoms with Gasteiger partial charge in [0, 0.05) is 44.0 Å². The van der Waals surface area contributed by atoms with E-state index in [1.54, 1.807) is 50.5 Å². The molecule has 3 rings (SSSR count). The van der Waals surface area contributed by atoms with Gasteiger partial charge in [-0.1, -0.05) is 18.2 Å². The van der Waals surface area contributed by atoms with Crippen LogP contribution >= 0.6 is 0 Å². The standard InChI is InChI=1S/C27H34N2O5/c1-27(2)18-21-10-11-22(34-5)16-23(21)24(28-27)17-25(30)19-6-8-20(9-7-19)26(31)29(12-14-32-3)13-15-33-4/h6-11,16H,12-15,17-18H2,1-5H3. The lowest BCUT2D eigenvalue weighted by atomic mass is 9.85. The Morgan fingerprint density at radius 1 is 0.941 bits per heavy atom. The predicted octanol–water partition coefficient (Wildman–Crippen LogP) is 3.83. The van der Waals surface area contributed by atoms with Crippen molar-refractivity contribution in [3.05, 3.63) is 64.7 Å². The third-order valence-electron chi connectivity index (χ3n) is 5.89. The van der Waals surface area contributed by atoms with Crippen molar-refractivity contribution < 1.29 is 23.8 Å². The minimum atomic E-state index is -0.276. The van der Waals surface area contributed by atoms with Crippen LogP contribution in [0.4, 0.5) is 0 Å². The highest BCUT2D eigenvalue weighted by Crippen LogP contribution is 2.31. The van der Waals surface area contributed by atoms with Crippen LogP contribution in [0.1, 0.15) is 52.1 Å². The molecule has 1 aliphatic rings. The number of ketones is 1. The third kappa shape index (κ3) is 6.30. The lowest BCUT2D eigenvalue weighted by Gasteiger charge is -2.29. The minimum Gasteiger partial charge on any atom is -0.497 e. The number of rotatable bonds is 11. The number of nitrogens with zero attached hydrogens (tertiary/aromatic N) is 2. The number of benzene rings is 2. The second-order valence-electron chi connectivity index (χ2n) is 9.03. The first kappa shape index (κ1) is 25.6. The Hall–Kier alpha value is -3.03. The van der Waals surface area contributed by atoms with Crippen molar-refractivity contribution in [3.63, 3.8) is 0 Å². The van der Waals surface area contributed by atoms with Gasteiger partial charge in [-0.2, -0.15) is 0 Å². The third-order valence-corrected chi connectivity index (χ3v) is 5.89. The number of aliphatic imine (C=N–C) groups is 1. The summed E-state index contributed by atoms with van der Waals surface area (Å²) in [6.07, 6.45) is 0.994. The van der Waals surface area contributed by atoms with Gasteiger partial charge in [0.2, 0.25) is 0 Å². The van der Waals surface area contributed by atoms with Crippen LogP contribution in [-0.4, -0.2) is 75.5 Å². The first-order valence-corrected chi connectivity index (χ1v) is 11.4. The van der Waals surface area contributed by atoms with Crippen molar-refractivity contribution in [1.29, 1.82) is 0 Å². The number of ether oxygens (including phenoxy) is 3. The van der Waals surface area contributed by atoms with E-state index in [0.29, 0.717) is 37.4 Å². The molecule has 0 fully saturated rings. The Bertz CT molecular complexity index is 1040. The van der Waals surface area contributed by atoms with E-state index >= 15 is 0 Å². The normalized spacial score (nSPS) is 14.2. The lowest BCUT2D eigenvalue weighted by Crippen LogP contribution is -2.36. The molecule has 7 nitrogen and oxygen atoms in total. The van der Waals surface area contributed by atoms with E-state index in [-0.39, 0.29) is 23.7 Å². The van der Waals surface area contributed by atoms with Gasteiger partial charge < -0.3 is 19.1 Å². The van der Waals surface area contributed by atoms with E-state index in [1.165, 1.54) is 0 Å². The molecule has 0 radical (unpaired) electrons. The molecule has 0 atom stereocenters. The molecule has 0 saturated carbocycles. The van der Waals surface area contributed by atoms with Gasteiger partial charge in [0.25, 0.3) is 5.91 Å². The number of methoxy groups -OCH3 is 3. The maximum atomic E-state index is 13.1. The van der Waals surface area contributed by atoms with E-state index in [2.05, 4.69) is 13.8 Å². The summed E-state index contributed by atoms with van der Waals surface area (Å²) in [6.45, 7) is 5.97. The molecule has 182 valence electrons. The van der Waals surface area contributed by atoms with Crippen LogP contribution in [0.2, 0.25) is 0 Å². The molecule has 0 N–H and O–H groups in total. The largest absolute Gasteiger partial charge is 0.497 e. The fourth-order valence-electron chi connectivity index (χ4n) is 4.12. The molecule has 1 aliphatic heterocycles. The van der Waals surface area contributed by atoms with Crippen molar-refractivity contribution in [2.75, 3.05) is 47.6 Å². The zero-order valence-corrected chi connectivity index (χ0v) is 20.7. The molecule has 0 bridgehead atoms. The number of fused-ring (bicyclic) bond motifs is 1. The van der Waals surface area contributed by atoms with Crippen molar-refractivity contribution in [2.45, 2.75) is 32.2 Å². The summed E-state index contributed by atoms with van der Waals surface area (Å²) < 4.78 is 15.6. The van der Waals surface area contributed by atoms with Gasteiger partial charge in [-0.3, -0.25) is 14.6 Å². The Kier molecular flexibility index (Phi) is 8.58. The van der Waals surface area contributed by atoms with Gasteiger partial charge in [0.15, 0.2) is 5.78 Å². The summed E-state index contributed by atoms with van der Waals surface area (Å²) in [6, 6.07) is 12.8. The molecule has 0 unspecified atom stereocenters. The van der Waals surface area contributed by atoms with E-state index in [4.69, 9.17) is 19.2 Å². The van der Waals surface area contributed by atoms with Gasteiger partial charge >= 0.3 is 0 Å². The summed E-state index contributed by atoms with van der Waals surface area (Å²) in [5.41, 5.74) is 3.69. The zero-order chi connectivity index (χ0) is 24.7. The number of hydrogen-bond acceptors (Lipinski definition) is 6. The molecule has 7 heteroatoms. The number of Topliss-reactive ketones (excluding diaryl/α,β-unsaturated/α-hetero) is 1. The zero-order valence-electron chi connectivity index (χ0n) is 20.7. The maximum Gasteiger partial charge on any atom is 0.254 e. The molecule has 0 spiro atoms. The maximum absolute atomic E-state index is 13.1. The molecular weight excluding hydrogens is 432 g/mol. The van der Waals surface area contributed by atoms with Crippen LogP contribution in [0.3, 0.4) is 0 Å². The smallest absolute Gasteiger partial charge is 0.254 e.